The summed E-state index contributed by atoms with van der Waals surface area (Å²) in [5, 5.41) is 19.9. The number of H-pyrrole nitrogens is 1. The highest BCUT2D eigenvalue weighted by atomic mass is 32.2. The van der Waals surface area contributed by atoms with Gasteiger partial charge in [-0.1, -0.05) is 6.07 Å². The Morgan fingerprint density at radius 1 is 1.19 bits per heavy atom. The van der Waals surface area contributed by atoms with Gasteiger partial charge in [-0.25, -0.2) is 13.9 Å². The van der Waals surface area contributed by atoms with Crippen LogP contribution in [-0.4, -0.2) is 53.7 Å². The van der Waals surface area contributed by atoms with Gasteiger partial charge in [-0.15, -0.1) is 0 Å². The van der Waals surface area contributed by atoms with Crippen LogP contribution in [0.4, 0.5) is 0 Å². The standard InChI is InChI=1S/C22H27N3O6S/c1-13-9-20(31-4)14(2)15(3)21(13)32(29,30)25(19(12-26)22(27)24-28)11-16-5-6-18-17(10-16)7-8-23-18/h5-10,19,23,26,28H,11-12H2,1-4H3,(H,24,27)/t19-/m1/s1. The maximum atomic E-state index is 13.9. The highest BCUT2D eigenvalue weighted by Crippen LogP contribution is 2.33. The van der Waals surface area contributed by atoms with Crippen LogP contribution in [0, 0.1) is 20.8 Å². The number of hydroxylamine groups is 1. The number of carbonyl (C=O) groups is 1. The van der Waals surface area contributed by atoms with E-state index in [2.05, 4.69) is 4.98 Å². The van der Waals surface area contributed by atoms with E-state index in [0.29, 0.717) is 28.0 Å². The first kappa shape index (κ1) is 23.7. The summed E-state index contributed by atoms with van der Waals surface area (Å²) in [5.41, 5.74) is 4.53. The number of aliphatic hydroxyl groups is 1. The maximum absolute atomic E-state index is 13.9. The van der Waals surface area contributed by atoms with Crippen molar-refractivity contribution in [1.82, 2.24) is 14.8 Å². The molecule has 1 amide bonds. The van der Waals surface area contributed by atoms with Gasteiger partial charge in [0.15, 0.2) is 0 Å². The number of aromatic nitrogens is 1. The summed E-state index contributed by atoms with van der Waals surface area (Å²) in [7, 11) is -2.77. The van der Waals surface area contributed by atoms with Gasteiger partial charge in [0, 0.05) is 18.3 Å². The van der Waals surface area contributed by atoms with E-state index in [1.807, 2.05) is 12.1 Å². The quantitative estimate of drug-likeness (QED) is 0.300. The lowest BCUT2D eigenvalue weighted by Gasteiger charge is -2.30. The molecule has 3 rings (SSSR count). The number of amides is 1. The minimum absolute atomic E-state index is 0.0303. The molecule has 0 saturated carbocycles. The Labute approximate surface area is 186 Å². The van der Waals surface area contributed by atoms with E-state index in [-0.39, 0.29) is 11.4 Å². The van der Waals surface area contributed by atoms with Crippen LogP contribution in [0.25, 0.3) is 10.9 Å². The molecule has 3 aromatic rings. The van der Waals surface area contributed by atoms with Gasteiger partial charge in [-0.05, 0) is 72.7 Å². The minimum Gasteiger partial charge on any atom is -0.496 e. The summed E-state index contributed by atoms with van der Waals surface area (Å²) in [4.78, 5) is 15.4. The normalized spacial score (nSPS) is 12.8. The smallest absolute Gasteiger partial charge is 0.264 e. The van der Waals surface area contributed by atoms with E-state index in [4.69, 9.17) is 9.94 Å². The molecule has 172 valence electrons. The second kappa shape index (κ2) is 9.29. The van der Waals surface area contributed by atoms with Crippen LogP contribution in [0.15, 0.2) is 41.4 Å². The van der Waals surface area contributed by atoms with Crippen molar-refractivity contribution in [2.24, 2.45) is 0 Å². The van der Waals surface area contributed by atoms with Crippen molar-refractivity contribution in [3.8, 4) is 5.75 Å². The third-order valence-corrected chi connectivity index (χ3v) is 7.80. The van der Waals surface area contributed by atoms with Crippen molar-refractivity contribution in [1.29, 1.82) is 0 Å². The van der Waals surface area contributed by atoms with Crippen LogP contribution in [0.5, 0.6) is 5.75 Å². The largest absolute Gasteiger partial charge is 0.496 e. The van der Waals surface area contributed by atoms with Gasteiger partial charge in [-0.3, -0.25) is 10.0 Å². The molecule has 1 aromatic heterocycles. The minimum atomic E-state index is -4.28. The first-order valence-electron chi connectivity index (χ1n) is 9.93. The van der Waals surface area contributed by atoms with Crippen LogP contribution in [0.1, 0.15) is 22.3 Å². The molecule has 10 heteroatoms. The highest BCUT2D eigenvalue weighted by molar-refractivity contribution is 7.89. The topological polar surface area (TPSA) is 132 Å². The van der Waals surface area contributed by atoms with Gasteiger partial charge in [0.2, 0.25) is 10.0 Å². The monoisotopic (exact) mass is 461 g/mol. The summed E-state index contributed by atoms with van der Waals surface area (Å²) in [6.45, 7) is 4.06. The second-order valence-electron chi connectivity index (χ2n) is 7.60. The average Bonchev–Trinajstić information content (AvgIpc) is 3.23. The number of sulfonamides is 1. The molecule has 1 heterocycles. The van der Waals surface area contributed by atoms with Crippen molar-refractivity contribution in [3.05, 3.63) is 58.8 Å². The molecule has 0 fully saturated rings. The number of rotatable bonds is 8. The Bertz CT molecular complexity index is 1250. The summed E-state index contributed by atoms with van der Waals surface area (Å²) in [6.07, 6.45) is 1.77. The van der Waals surface area contributed by atoms with Gasteiger partial charge in [0.05, 0.1) is 18.6 Å². The van der Waals surface area contributed by atoms with E-state index >= 15 is 0 Å². The average molecular weight is 462 g/mol. The number of aromatic amines is 1. The first-order valence-corrected chi connectivity index (χ1v) is 11.4. The Kier molecular flexibility index (Phi) is 6.89. The zero-order valence-corrected chi connectivity index (χ0v) is 19.2. The Morgan fingerprint density at radius 3 is 2.53 bits per heavy atom. The fourth-order valence-corrected chi connectivity index (χ4v) is 5.93. The molecule has 0 saturated heterocycles. The van der Waals surface area contributed by atoms with Crippen LogP contribution >= 0.6 is 0 Å². The Hall–Kier alpha value is -2.92. The molecule has 9 nitrogen and oxygen atoms in total. The lowest BCUT2D eigenvalue weighted by atomic mass is 10.1. The number of fused-ring (bicyclic) bond motifs is 1. The van der Waals surface area contributed by atoms with E-state index < -0.39 is 28.6 Å². The molecule has 0 bridgehead atoms. The van der Waals surface area contributed by atoms with E-state index in [1.165, 1.54) is 12.6 Å². The molecular weight excluding hydrogens is 434 g/mol. The second-order valence-corrected chi connectivity index (χ2v) is 9.43. The van der Waals surface area contributed by atoms with Gasteiger partial charge >= 0.3 is 0 Å². The van der Waals surface area contributed by atoms with Crippen molar-refractivity contribution < 1.29 is 28.3 Å². The van der Waals surface area contributed by atoms with Crippen LogP contribution in [-0.2, 0) is 21.4 Å². The summed E-state index contributed by atoms with van der Waals surface area (Å²) < 4.78 is 34.0. The summed E-state index contributed by atoms with van der Waals surface area (Å²) in [6, 6.07) is 7.30. The van der Waals surface area contributed by atoms with Crippen LogP contribution in [0.3, 0.4) is 0 Å². The number of aliphatic hydroxyl groups excluding tert-OH is 1. The highest BCUT2D eigenvalue weighted by Gasteiger charge is 2.38. The molecule has 0 aliphatic rings. The predicted molar refractivity (Wildman–Crippen MR) is 119 cm³/mol. The third-order valence-electron chi connectivity index (χ3n) is 5.65. The number of aryl methyl sites for hydroxylation is 1. The fraction of sp³-hybridized carbons (Fsp3) is 0.318. The van der Waals surface area contributed by atoms with E-state index in [1.54, 1.807) is 45.2 Å². The van der Waals surface area contributed by atoms with Crippen molar-refractivity contribution in [2.45, 2.75) is 38.3 Å². The Balaban J connectivity index is 2.17. The van der Waals surface area contributed by atoms with Crippen molar-refractivity contribution >= 4 is 26.8 Å². The molecule has 0 radical (unpaired) electrons. The maximum Gasteiger partial charge on any atom is 0.264 e. The van der Waals surface area contributed by atoms with Gasteiger partial charge in [0.25, 0.3) is 5.91 Å². The number of benzene rings is 2. The molecule has 0 spiro atoms. The number of nitrogens with one attached hydrogen (secondary N) is 2. The molecule has 0 unspecified atom stereocenters. The third kappa shape index (κ3) is 4.22. The van der Waals surface area contributed by atoms with Crippen molar-refractivity contribution in [3.63, 3.8) is 0 Å². The molecule has 1 atom stereocenters. The number of ether oxygens (including phenoxy) is 1. The zero-order valence-electron chi connectivity index (χ0n) is 18.3. The number of nitrogens with zero attached hydrogens (tertiary/aromatic N) is 1. The van der Waals surface area contributed by atoms with Crippen molar-refractivity contribution in [2.75, 3.05) is 13.7 Å². The molecular formula is C22H27N3O6S. The number of hydrogen-bond donors (Lipinski definition) is 4. The molecule has 4 N–H and O–H groups in total. The van der Waals surface area contributed by atoms with Crippen LogP contribution in [0.2, 0.25) is 0 Å². The van der Waals surface area contributed by atoms with E-state index in [9.17, 15) is 18.3 Å². The number of carbonyl (C=O) groups excluding carboxylic acids is 1. The predicted octanol–water partition coefficient (Wildman–Crippen LogP) is 2.16. The van der Waals surface area contributed by atoms with Gasteiger partial charge in [-0.2, -0.15) is 4.31 Å². The fourth-order valence-electron chi connectivity index (χ4n) is 3.87. The van der Waals surface area contributed by atoms with E-state index in [0.717, 1.165) is 15.2 Å². The summed E-state index contributed by atoms with van der Waals surface area (Å²) in [5.74, 6) is -0.477. The van der Waals surface area contributed by atoms with Gasteiger partial charge < -0.3 is 14.8 Å². The Morgan fingerprint density at radius 2 is 1.91 bits per heavy atom. The molecule has 0 aliphatic carbocycles. The van der Waals surface area contributed by atoms with Crippen LogP contribution < -0.4 is 10.2 Å². The molecule has 2 aromatic carbocycles. The SMILES string of the molecule is COc1cc(C)c(S(=O)(=O)N(Cc2ccc3[nH]ccc3c2)[C@H](CO)C(=O)NO)c(C)c1C. The lowest BCUT2D eigenvalue weighted by Crippen LogP contribution is -2.50. The first-order chi connectivity index (χ1) is 15.1. The summed E-state index contributed by atoms with van der Waals surface area (Å²) >= 11 is 0. The van der Waals surface area contributed by atoms with Gasteiger partial charge in [0.1, 0.15) is 11.8 Å². The number of methoxy groups -OCH3 is 1. The molecule has 32 heavy (non-hydrogen) atoms. The zero-order chi connectivity index (χ0) is 23.6. The lowest BCUT2D eigenvalue weighted by molar-refractivity contribution is -0.134. The molecule has 0 aliphatic heterocycles. The number of hydrogen-bond acceptors (Lipinski definition) is 6.